The van der Waals surface area contributed by atoms with Gasteiger partial charge < -0.3 is 4.98 Å². The fraction of sp³-hybridized carbons (Fsp3) is 0.250. The lowest BCUT2D eigenvalue weighted by Gasteiger charge is -2.09. The summed E-state index contributed by atoms with van der Waals surface area (Å²) < 4.78 is 0. The Balaban J connectivity index is 1.85. The number of halogens is 1. The van der Waals surface area contributed by atoms with E-state index in [9.17, 15) is 4.79 Å². The van der Waals surface area contributed by atoms with Crippen LogP contribution in [0.2, 0.25) is 0 Å². The standard InChI is InChI=1S/C16H13ClN2OS2/c17-11(8-9-4-3-7-21-9)14-18-15(20)13-10-5-1-2-6-12(10)22-16(13)19-14/h3-4,7-8H,1-2,5-6H2,(H,18,19,20)/b11-8-. The number of fused-ring (bicyclic) bond motifs is 3. The molecule has 0 fully saturated rings. The molecule has 0 atom stereocenters. The number of rotatable bonds is 2. The molecule has 0 aliphatic heterocycles. The number of hydrogen-bond acceptors (Lipinski definition) is 4. The Bertz CT molecular complexity index is 922. The van der Waals surface area contributed by atoms with Gasteiger partial charge in [-0.05, 0) is 48.8 Å². The molecule has 3 aromatic heterocycles. The van der Waals surface area contributed by atoms with E-state index in [1.807, 2.05) is 23.6 Å². The maximum absolute atomic E-state index is 12.5. The molecule has 0 amide bonds. The lowest BCUT2D eigenvalue weighted by Crippen LogP contribution is -2.12. The summed E-state index contributed by atoms with van der Waals surface area (Å²) in [4.78, 5) is 23.1. The first-order valence-corrected chi connectivity index (χ1v) is 9.25. The highest BCUT2D eigenvalue weighted by molar-refractivity contribution is 7.18. The molecule has 0 radical (unpaired) electrons. The highest BCUT2D eigenvalue weighted by Crippen LogP contribution is 2.34. The van der Waals surface area contributed by atoms with Crippen molar-refractivity contribution in [1.82, 2.24) is 9.97 Å². The van der Waals surface area contributed by atoms with E-state index in [1.54, 1.807) is 22.7 Å². The number of aromatic amines is 1. The van der Waals surface area contributed by atoms with Gasteiger partial charge in [0, 0.05) is 9.75 Å². The summed E-state index contributed by atoms with van der Waals surface area (Å²) >= 11 is 9.57. The summed E-state index contributed by atoms with van der Waals surface area (Å²) in [5, 5.41) is 3.22. The van der Waals surface area contributed by atoms with Gasteiger partial charge in [0.2, 0.25) is 0 Å². The molecule has 3 heterocycles. The third-order valence-electron chi connectivity index (χ3n) is 3.86. The van der Waals surface area contributed by atoms with Crippen LogP contribution in [0.4, 0.5) is 0 Å². The summed E-state index contributed by atoms with van der Waals surface area (Å²) in [6.45, 7) is 0. The second kappa shape index (κ2) is 5.65. The first kappa shape index (κ1) is 14.2. The van der Waals surface area contributed by atoms with E-state index in [1.165, 1.54) is 16.9 Å². The van der Waals surface area contributed by atoms with Crippen molar-refractivity contribution in [2.75, 3.05) is 0 Å². The van der Waals surface area contributed by atoms with Crippen LogP contribution >= 0.6 is 34.3 Å². The van der Waals surface area contributed by atoms with Crippen molar-refractivity contribution in [3.63, 3.8) is 0 Å². The van der Waals surface area contributed by atoms with Gasteiger partial charge in [-0.15, -0.1) is 22.7 Å². The number of aromatic nitrogens is 2. The molecule has 4 rings (SSSR count). The SMILES string of the molecule is O=c1[nH]c(/C(Cl)=C/c2cccs2)nc2sc3c(c12)CCCC3. The molecule has 3 nitrogen and oxygen atoms in total. The quantitative estimate of drug-likeness (QED) is 0.732. The maximum atomic E-state index is 12.5. The van der Waals surface area contributed by atoms with Gasteiger partial charge >= 0.3 is 0 Å². The Morgan fingerprint density at radius 1 is 1.36 bits per heavy atom. The molecule has 0 spiro atoms. The van der Waals surface area contributed by atoms with Crippen molar-refractivity contribution in [3.05, 3.63) is 49.0 Å². The minimum absolute atomic E-state index is 0.0721. The first-order chi connectivity index (χ1) is 10.7. The van der Waals surface area contributed by atoms with E-state index >= 15 is 0 Å². The summed E-state index contributed by atoms with van der Waals surface area (Å²) in [6, 6.07) is 3.95. The Labute approximate surface area is 140 Å². The third-order valence-corrected chi connectivity index (χ3v) is 6.16. The van der Waals surface area contributed by atoms with Crippen molar-refractivity contribution < 1.29 is 0 Å². The molecule has 112 valence electrons. The average Bonchev–Trinajstić information content (AvgIpc) is 3.13. The zero-order valence-corrected chi connectivity index (χ0v) is 14.1. The lowest BCUT2D eigenvalue weighted by molar-refractivity contribution is 0.700. The van der Waals surface area contributed by atoms with E-state index in [0.717, 1.165) is 34.4 Å². The fourth-order valence-electron chi connectivity index (χ4n) is 2.84. The Morgan fingerprint density at radius 2 is 2.23 bits per heavy atom. The predicted molar refractivity (Wildman–Crippen MR) is 94.9 cm³/mol. The van der Waals surface area contributed by atoms with Crippen LogP contribution in [0, 0.1) is 0 Å². The number of thiophene rings is 2. The molecule has 22 heavy (non-hydrogen) atoms. The number of nitrogens with zero attached hydrogens (tertiary/aromatic N) is 1. The lowest BCUT2D eigenvalue weighted by atomic mass is 9.97. The van der Waals surface area contributed by atoms with E-state index in [-0.39, 0.29) is 5.56 Å². The molecular formula is C16H13ClN2OS2. The van der Waals surface area contributed by atoms with Gasteiger partial charge in [0.05, 0.1) is 10.4 Å². The van der Waals surface area contributed by atoms with Gasteiger partial charge in [-0.3, -0.25) is 4.79 Å². The van der Waals surface area contributed by atoms with Gasteiger partial charge in [0.25, 0.3) is 5.56 Å². The number of aryl methyl sites for hydroxylation is 2. The third kappa shape index (κ3) is 2.43. The van der Waals surface area contributed by atoms with Gasteiger partial charge in [-0.2, -0.15) is 0 Å². The van der Waals surface area contributed by atoms with E-state index in [0.29, 0.717) is 10.9 Å². The topological polar surface area (TPSA) is 45.8 Å². The number of nitrogens with one attached hydrogen (secondary N) is 1. The van der Waals surface area contributed by atoms with Crippen molar-refractivity contribution in [3.8, 4) is 0 Å². The average molecular weight is 349 g/mol. The molecule has 1 aliphatic rings. The van der Waals surface area contributed by atoms with E-state index < -0.39 is 0 Å². The molecule has 1 aliphatic carbocycles. The smallest absolute Gasteiger partial charge is 0.260 e. The highest BCUT2D eigenvalue weighted by Gasteiger charge is 2.20. The van der Waals surface area contributed by atoms with Crippen LogP contribution in [0.3, 0.4) is 0 Å². The van der Waals surface area contributed by atoms with Gasteiger partial charge in [-0.25, -0.2) is 4.98 Å². The summed E-state index contributed by atoms with van der Waals surface area (Å²) in [5.74, 6) is 0.450. The van der Waals surface area contributed by atoms with E-state index in [2.05, 4.69) is 9.97 Å². The van der Waals surface area contributed by atoms with Crippen LogP contribution in [-0.2, 0) is 12.8 Å². The highest BCUT2D eigenvalue weighted by atomic mass is 35.5. The monoisotopic (exact) mass is 348 g/mol. The van der Waals surface area contributed by atoms with Crippen molar-refractivity contribution in [2.24, 2.45) is 0 Å². The predicted octanol–water partition coefficient (Wildman–Crippen LogP) is 4.66. The summed E-state index contributed by atoms with van der Waals surface area (Å²) in [6.07, 6.45) is 6.23. The van der Waals surface area contributed by atoms with Crippen LogP contribution in [0.5, 0.6) is 0 Å². The Hall–Kier alpha value is -1.43. The molecule has 0 saturated heterocycles. The minimum Gasteiger partial charge on any atom is -0.305 e. The zero-order chi connectivity index (χ0) is 15.1. The van der Waals surface area contributed by atoms with E-state index in [4.69, 9.17) is 11.6 Å². The molecule has 6 heteroatoms. The number of H-pyrrole nitrogens is 1. The fourth-order valence-corrected chi connectivity index (χ4v) is 5.03. The zero-order valence-electron chi connectivity index (χ0n) is 11.7. The molecular weight excluding hydrogens is 336 g/mol. The molecule has 3 aromatic rings. The molecule has 0 bridgehead atoms. The van der Waals surface area contributed by atoms with Crippen LogP contribution in [0.1, 0.15) is 34.0 Å². The van der Waals surface area contributed by atoms with Gasteiger partial charge in [0.1, 0.15) is 4.83 Å². The van der Waals surface area contributed by atoms with Gasteiger partial charge in [-0.1, -0.05) is 17.7 Å². The van der Waals surface area contributed by atoms with Crippen LogP contribution in [-0.4, -0.2) is 9.97 Å². The van der Waals surface area contributed by atoms with Gasteiger partial charge in [0.15, 0.2) is 5.82 Å². The van der Waals surface area contributed by atoms with Crippen molar-refractivity contribution >= 4 is 55.6 Å². The second-order valence-electron chi connectivity index (χ2n) is 5.31. The van der Waals surface area contributed by atoms with Crippen LogP contribution in [0.15, 0.2) is 22.3 Å². The molecule has 0 saturated carbocycles. The maximum Gasteiger partial charge on any atom is 0.260 e. The Morgan fingerprint density at radius 3 is 3.05 bits per heavy atom. The van der Waals surface area contributed by atoms with Crippen LogP contribution < -0.4 is 5.56 Å². The largest absolute Gasteiger partial charge is 0.305 e. The number of hydrogen-bond donors (Lipinski definition) is 1. The normalized spacial score (nSPS) is 15.2. The van der Waals surface area contributed by atoms with Crippen molar-refractivity contribution in [1.29, 1.82) is 0 Å². The molecule has 1 N–H and O–H groups in total. The van der Waals surface area contributed by atoms with Crippen LogP contribution in [0.25, 0.3) is 21.3 Å². The minimum atomic E-state index is -0.0721. The summed E-state index contributed by atoms with van der Waals surface area (Å²) in [5.41, 5.74) is 1.13. The molecule has 0 unspecified atom stereocenters. The second-order valence-corrected chi connectivity index (χ2v) is 7.78. The molecule has 0 aromatic carbocycles. The first-order valence-electron chi connectivity index (χ1n) is 7.18. The van der Waals surface area contributed by atoms with Crippen molar-refractivity contribution in [2.45, 2.75) is 25.7 Å². The summed E-state index contributed by atoms with van der Waals surface area (Å²) in [7, 11) is 0. The Kier molecular flexibility index (Phi) is 3.64.